The lowest BCUT2D eigenvalue weighted by atomic mass is 10.1. The van der Waals surface area contributed by atoms with Crippen molar-refractivity contribution >= 4 is 57.1 Å². The van der Waals surface area contributed by atoms with Gasteiger partial charge in [-0.25, -0.2) is 9.69 Å². The number of imide groups is 2. The standard InChI is InChI=1S/C25H18BrClN2O4/c1-15-3-2-4-19(11-15)29-24(31)20(23(30)28-25(29)32)12-17-7-10-22(21(26)13-17)33-14-16-5-8-18(27)9-6-16/h2-13H,14H2,1H3,(H,28,30,32)/b20-12+. The molecule has 0 aromatic heterocycles. The molecule has 33 heavy (non-hydrogen) atoms. The van der Waals surface area contributed by atoms with Crippen LogP contribution in [0.3, 0.4) is 0 Å². The summed E-state index contributed by atoms with van der Waals surface area (Å²) in [6.07, 6.45) is 1.45. The van der Waals surface area contributed by atoms with Crippen LogP contribution in [0.4, 0.5) is 10.5 Å². The van der Waals surface area contributed by atoms with Crippen LogP contribution in [0, 0.1) is 6.92 Å². The summed E-state index contributed by atoms with van der Waals surface area (Å²) in [4.78, 5) is 38.7. The zero-order chi connectivity index (χ0) is 23.5. The molecule has 3 aromatic rings. The quantitative estimate of drug-likeness (QED) is 0.345. The van der Waals surface area contributed by atoms with E-state index in [-0.39, 0.29) is 5.57 Å². The molecule has 1 heterocycles. The van der Waals surface area contributed by atoms with Gasteiger partial charge < -0.3 is 4.74 Å². The summed E-state index contributed by atoms with van der Waals surface area (Å²) in [6.45, 7) is 2.20. The fourth-order valence-electron chi connectivity index (χ4n) is 3.29. The van der Waals surface area contributed by atoms with Gasteiger partial charge in [-0.1, -0.05) is 41.9 Å². The third-order valence-electron chi connectivity index (χ3n) is 4.94. The normalized spacial score (nSPS) is 15.1. The van der Waals surface area contributed by atoms with Crippen LogP contribution in [-0.4, -0.2) is 17.8 Å². The fraction of sp³-hybridized carbons (Fsp3) is 0.0800. The van der Waals surface area contributed by atoms with Crippen LogP contribution in [0.25, 0.3) is 6.08 Å². The van der Waals surface area contributed by atoms with Crippen LogP contribution >= 0.6 is 27.5 Å². The van der Waals surface area contributed by atoms with Gasteiger partial charge in [0.1, 0.15) is 17.9 Å². The number of carbonyl (C=O) groups is 3. The van der Waals surface area contributed by atoms with Gasteiger partial charge in [-0.05, 0) is 82.0 Å². The summed E-state index contributed by atoms with van der Waals surface area (Å²) < 4.78 is 6.49. The Morgan fingerprint density at radius 2 is 1.79 bits per heavy atom. The minimum atomic E-state index is -0.778. The predicted octanol–water partition coefficient (Wildman–Crippen LogP) is 5.66. The number of amides is 4. The lowest BCUT2D eigenvalue weighted by molar-refractivity contribution is -0.122. The first kappa shape index (κ1) is 22.8. The number of nitrogens with zero attached hydrogens (tertiary/aromatic N) is 1. The lowest BCUT2D eigenvalue weighted by Crippen LogP contribution is -2.54. The van der Waals surface area contributed by atoms with Crippen LogP contribution in [0.1, 0.15) is 16.7 Å². The van der Waals surface area contributed by atoms with Crippen molar-refractivity contribution in [3.63, 3.8) is 0 Å². The SMILES string of the molecule is Cc1cccc(N2C(=O)NC(=O)/C(=C\c3ccc(OCc4ccc(Cl)cc4)c(Br)c3)C2=O)c1. The molecule has 0 spiro atoms. The monoisotopic (exact) mass is 524 g/mol. The zero-order valence-corrected chi connectivity index (χ0v) is 19.8. The molecular formula is C25H18BrClN2O4. The third kappa shape index (κ3) is 5.16. The molecule has 3 aromatic carbocycles. The average molecular weight is 526 g/mol. The Bertz CT molecular complexity index is 1290. The molecule has 1 fully saturated rings. The van der Waals surface area contributed by atoms with Crippen molar-refractivity contribution in [1.82, 2.24) is 5.32 Å². The Hall–Kier alpha value is -3.42. The topological polar surface area (TPSA) is 75.7 Å². The zero-order valence-electron chi connectivity index (χ0n) is 17.5. The number of benzene rings is 3. The highest BCUT2D eigenvalue weighted by Gasteiger charge is 2.36. The van der Waals surface area contributed by atoms with E-state index < -0.39 is 17.8 Å². The number of nitrogens with one attached hydrogen (secondary N) is 1. The number of aryl methyl sites for hydroxylation is 1. The van der Waals surface area contributed by atoms with Crippen LogP contribution in [0.2, 0.25) is 5.02 Å². The van der Waals surface area contributed by atoms with Crippen LogP contribution in [-0.2, 0) is 16.2 Å². The number of ether oxygens (including phenoxy) is 1. The summed E-state index contributed by atoms with van der Waals surface area (Å²) in [7, 11) is 0. The number of barbiturate groups is 1. The van der Waals surface area contributed by atoms with Gasteiger partial charge in [0.05, 0.1) is 10.2 Å². The Balaban J connectivity index is 1.56. The second-order valence-electron chi connectivity index (χ2n) is 7.40. The van der Waals surface area contributed by atoms with E-state index in [4.69, 9.17) is 16.3 Å². The van der Waals surface area contributed by atoms with Crippen molar-refractivity contribution in [3.8, 4) is 5.75 Å². The lowest BCUT2D eigenvalue weighted by Gasteiger charge is -2.26. The molecule has 0 saturated carbocycles. The first-order valence-corrected chi connectivity index (χ1v) is 11.1. The number of anilines is 1. The van der Waals surface area contributed by atoms with Gasteiger partial charge in [-0.3, -0.25) is 14.9 Å². The van der Waals surface area contributed by atoms with Gasteiger partial charge >= 0.3 is 6.03 Å². The van der Waals surface area contributed by atoms with E-state index in [0.29, 0.717) is 33.1 Å². The Kier molecular flexibility index (Phi) is 6.62. The fourth-order valence-corrected chi connectivity index (χ4v) is 3.93. The summed E-state index contributed by atoms with van der Waals surface area (Å²) in [5, 5.41) is 2.88. The second-order valence-corrected chi connectivity index (χ2v) is 8.69. The first-order chi connectivity index (χ1) is 15.8. The second kappa shape index (κ2) is 9.60. The predicted molar refractivity (Wildman–Crippen MR) is 130 cm³/mol. The van der Waals surface area contributed by atoms with Gasteiger partial charge in [0, 0.05) is 5.02 Å². The molecule has 4 rings (SSSR count). The molecule has 8 heteroatoms. The molecule has 0 aliphatic carbocycles. The number of carbonyl (C=O) groups excluding carboxylic acids is 3. The third-order valence-corrected chi connectivity index (χ3v) is 5.81. The number of hydrogen-bond donors (Lipinski definition) is 1. The maximum atomic E-state index is 13.0. The molecule has 1 aliphatic rings. The maximum Gasteiger partial charge on any atom is 0.335 e. The molecule has 6 nitrogen and oxygen atoms in total. The van der Waals surface area contributed by atoms with E-state index >= 15 is 0 Å². The van der Waals surface area contributed by atoms with E-state index in [2.05, 4.69) is 21.2 Å². The van der Waals surface area contributed by atoms with Gasteiger partial charge in [-0.2, -0.15) is 0 Å². The van der Waals surface area contributed by atoms with E-state index in [1.165, 1.54) is 6.08 Å². The highest BCUT2D eigenvalue weighted by molar-refractivity contribution is 9.10. The van der Waals surface area contributed by atoms with Gasteiger partial charge in [0.2, 0.25) is 0 Å². The Morgan fingerprint density at radius 1 is 1.03 bits per heavy atom. The highest BCUT2D eigenvalue weighted by atomic mass is 79.9. The largest absolute Gasteiger partial charge is 0.488 e. The summed E-state index contributed by atoms with van der Waals surface area (Å²) in [5.41, 5.74) is 2.69. The minimum Gasteiger partial charge on any atom is -0.488 e. The molecule has 166 valence electrons. The van der Waals surface area contributed by atoms with Gasteiger partial charge in [-0.15, -0.1) is 0 Å². The summed E-state index contributed by atoms with van der Waals surface area (Å²) in [6, 6.07) is 18.7. The number of urea groups is 1. The summed E-state index contributed by atoms with van der Waals surface area (Å²) in [5.74, 6) is -0.829. The molecule has 1 saturated heterocycles. The molecule has 1 N–H and O–H groups in total. The summed E-state index contributed by atoms with van der Waals surface area (Å²) >= 11 is 9.37. The Morgan fingerprint density at radius 3 is 2.48 bits per heavy atom. The van der Waals surface area contributed by atoms with Crippen molar-refractivity contribution in [3.05, 3.63) is 98.5 Å². The van der Waals surface area contributed by atoms with Crippen molar-refractivity contribution < 1.29 is 19.1 Å². The van der Waals surface area contributed by atoms with Crippen molar-refractivity contribution in [1.29, 1.82) is 0 Å². The molecule has 0 atom stereocenters. The van der Waals surface area contributed by atoms with Gasteiger partial charge in [0.25, 0.3) is 11.8 Å². The smallest absolute Gasteiger partial charge is 0.335 e. The van der Waals surface area contributed by atoms with Crippen molar-refractivity contribution in [2.75, 3.05) is 4.90 Å². The number of halogens is 2. The van der Waals surface area contributed by atoms with Gasteiger partial charge in [0.15, 0.2) is 0 Å². The van der Waals surface area contributed by atoms with E-state index in [1.807, 2.05) is 25.1 Å². The van der Waals surface area contributed by atoms with Crippen molar-refractivity contribution in [2.24, 2.45) is 0 Å². The minimum absolute atomic E-state index is 0.141. The van der Waals surface area contributed by atoms with E-state index in [1.54, 1.807) is 48.5 Å². The van der Waals surface area contributed by atoms with E-state index in [9.17, 15) is 14.4 Å². The Labute approximate surface area is 203 Å². The average Bonchev–Trinajstić information content (AvgIpc) is 2.77. The highest BCUT2D eigenvalue weighted by Crippen LogP contribution is 2.29. The van der Waals surface area contributed by atoms with Crippen molar-refractivity contribution in [2.45, 2.75) is 13.5 Å². The van der Waals surface area contributed by atoms with Crippen LogP contribution in [0.5, 0.6) is 5.75 Å². The molecule has 1 aliphatic heterocycles. The van der Waals surface area contributed by atoms with Crippen LogP contribution in [0.15, 0.2) is 76.8 Å². The molecule has 0 unspecified atom stereocenters. The van der Waals surface area contributed by atoms with E-state index in [0.717, 1.165) is 16.0 Å². The number of rotatable bonds is 5. The molecule has 4 amide bonds. The number of hydrogen-bond acceptors (Lipinski definition) is 4. The molecule has 0 radical (unpaired) electrons. The first-order valence-electron chi connectivity index (χ1n) is 9.97. The van der Waals surface area contributed by atoms with Crippen LogP contribution < -0.4 is 15.0 Å². The molecular weight excluding hydrogens is 508 g/mol. The maximum absolute atomic E-state index is 13.0. The molecule has 0 bridgehead atoms.